The third-order valence-electron chi connectivity index (χ3n) is 6.97. The number of aliphatic hydroxyl groups excluding tert-OH is 1. The van der Waals surface area contributed by atoms with Crippen LogP contribution in [0.15, 0.2) is 30.3 Å². The van der Waals surface area contributed by atoms with Gasteiger partial charge in [-0.2, -0.15) is 8.78 Å². The number of hydrogen-bond acceptors (Lipinski definition) is 3. The number of unbranched alkanes of at least 4 members (excludes halogenated alkanes) is 5. The van der Waals surface area contributed by atoms with Gasteiger partial charge in [0.2, 0.25) is 0 Å². The number of likely N-dealkylation sites (tertiary alicyclic amines) is 1. The lowest BCUT2D eigenvalue weighted by molar-refractivity contribution is -0.148. The number of hydrogen-bond donors (Lipinski definition) is 2. The van der Waals surface area contributed by atoms with E-state index in [1.807, 2.05) is 25.1 Å². The van der Waals surface area contributed by atoms with Crippen molar-refractivity contribution >= 4 is 11.9 Å². The van der Waals surface area contributed by atoms with E-state index in [0.29, 0.717) is 38.5 Å². The molecule has 1 aliphatic rings. The summed E-state index contributed by atoms with van der Waals surface area (Å²) in [6, 6.07) is 9.82. The van der Waals surface area contributed by atoms with Gasteiger partial charge in [-0.15, -0.1) is 0 Å². The number of aryl methyl sites for hydroxylation is 1. The van der Waals surface area contributed by atoms with Gasteiger partial charge in [-0.25, -0.2) is 0 Å². The highest BCUT2D eigenvalue weighted by Gasteiger charge is 2.52. The fourth-order valence-electron chi connectivity index (χ4n) is 4.78. The van der Waals surface area contributed by atoms with E-state index in [1.54, 1.807) is 0 Å². The highest BCUT2D eigenvalue weighted by atomic mass is 19.3. The predicted molar refractivity (Wildman–Crippen MR) is 129 cm³/mol. The number of carboxylic acid groups (broad SMARTS) is 1. The van der Waals surface area contributed by atoms with Crippen LogP contribution in [0.3, 0.4) is 0 Å². The summed E-state index contributed by atoms with van der Waals surface area (Å²) in [5.41, 5.74) is 1.34. The molecule has 1 amide bonds. The van der Waals surface area contributed by atoms with Crippen molar-refractivity contribution in [3.05, 3.63) is 35.9 Å². The summed E-state index contributed by atoms with van der Waals surface area (Å²) in [7, 11) is 0. The third-order valence-corrected chi connectivity index (χ3v) is 6.97. The van der Waals surface area contributed by atoms with Crippen molar-refractivity contribution in [2.45, 2.75) is 108 Å². The fourth-order valence-corrected chi connectivity index (χ4v) is 4.78. The van der Waals surface area contributed by atoms with Crippen LogP contribution in [0.5, 0.6) is 0 Å². The number of carbonyl (C=O) groups excluding carboxylic acids is 1. The number of benzene rings is 1. The standard InChI is InChI=1S/C27H41F2NO4/c1-21(12-6-4-7-13-22-14-8-5-9-15-22)24(31)18-17-23-20-27(28,29)26(34)30(23)19-11-3-2-10-16-25(32)33/h5,8-9,14-15,21,23-24,31H,2-4,6-7,10-13,16-20H2,1H3,(H,32,33)/t21-,23-,24+/m0/s1. The highest BCUT2D eigenvalue weighted by Crippen LogP contribution is 2.36. The number of alkyl halides is 2. The largest absolute Gasteiger partial charge is 0.481 e. The Bertz CT molecular complexity index is 743. The van der Waals surface area contributed by atoms with Gasteiger partial charge in [0.15, 0.2) is 0 Å². The summed E-state index contributed by atoms with van der Waals surface area (Å²) < 4.78 is 28.2. The topological polar surface area (TPSA) is 77.8 Å². The Kier molecular flexibility index (Phi) is 11.9. The molecule has 1 heterocycles. The molecule has 0 bridgehead atoms. The second kappa shape index (κ2) is 14.4. The van der Waals surface area contributed by atoms with Gasteiger partial charge >= 0.3 is 11.9 Å². The van der Waals surface area contributed by atoms with Gasteiger partial charge in [-0.05, 0) is 56.4 Å². The smallest absolute Gasteiger partial charge is 0.326 e. The number of aliphatic hydroxyl groups is 1. The summed E-state index contributed by atoms with van der Waals surface area (Å²) in [5.74, 6) is -5.18. The maximum atomic E-state index is 14.1. The van der Waals surface area contributed by atoms with E-state index in [0.717, 1.165) is 32.1 Å². The first-order valence-corrected chi connectivity index (χ1v) is 12.8. The van der Waals surface area contributed by atoms with Crippen LogP contribution in [0.25, 0.3) is 0 Å². The van der Waals surface area contributed by atoms with Gasteiger partial charge in [0.1, 0.15) is 0 Å². The maximum absolute atomic E-state index is 14.1. The predicted octanol–water partition coefficient (Wildman–Crippen LogP) is 5.84. The van der Waals surface area contributed by atoms with Crippen molar-refractivity contribution in [2.24, 2.45) is 5.92 Å². The van der Waals surface area contributed by atoms with Crippen LogP contribution >= 0.6 is 0 Å². The number of rotatable bonds is 17. The second-order valence-corrected chi connectivity index (χ2v) is 9.83. The van der Waals surface area contributed by atoms with E-state index in [-0.39, 0.29) is 18.9 Å². The Labute approximate surface area is 202 Å². The summed E-state index contributed by atoms with van der Waals surface area (Å²) in [5, 5.41) is 19.2. The molecule has 1 aromatic carbocycles. The van der Waals surface area contributed by atoms with Crippen molar-refractivity contribution in [1.29, 1.82) is 0 Å². The Balaban J connectivity index is 1.67. The van der Waals surface area contributed by atoms with E-state index in [4.69, 9.17) is 5.11 Å². The van der Waals surface area contributed by atoms with E-state index >= 15 is 0 Å². The SMILES string of the molecule is C[C@@H](CCCCCc1ccccc1)[C@H](O)CC[C@H]1CC(F)(F)C(=O)N1CCCCCCC(=O)O. The van der Waals surface area contributed by atoms with Crippen LogP contribution in [0.4, 0.5) is 8.78 Å². The average Bonchev–Trinajstić information content (AvgIpc) is 3.02. The third kappa shape index (κ3) is 9.69. The minimum Gasteiger partial charge on any atom is -0.481 e. The Morgan fingerprint density at radius 2 is 1.74 bits per heavy atom. The highest BCUT2D eigenvalue weighted by molar-refractivity contribution is 5.86. The Morgan fingerprint density at radius 3 is 2.44 bits per heavy atom. The lowest BCUT2D eigenvalue weighted by Gasteiger charge is -2.26. The molecule has 0 unspecified atom stereocenters. The van der Waals surface area contributed by atoms with Gasteiger partial charge in [0.25, 0.3) is 5.91 Å². The number of carbonyl (C=O) groups is 2. The minimum absolute atomic E-state index is 0.0945. The van der Waals surface area contributed by atoms with Crippen molar-refractivity contribution in [3.63, 3.8) is 0 Å². The van der Waals surface area contributed by atoms with Crippen LogP contribution in [-0.2, 0) is 16.0 Å². The molecule has 1 aromatic rings. The normalized spacial score (nSPS) is 19.4. The molecule has 2 N–H and O–H groups in total. The number of halogens is 2. The average molecular weight is 482 g/mol. The summed E-state index contributed by atoms with van der Waals surface area (Å²) in [6.07, 6.45) is 7.58. The molecule has 0 spiro atoms. The number of amides is 1. The van der Waals surface area contributed by atoms with Gasteiger partial charge in [-0.1, -0.05) is 62.9 Å². The molecular formula is C27H41F2NO4. The lowest BCUT2D eigenvalue weighted by Crippen LogP contribution is -2.37. The molecule has 192 valence electrons. The quantitative estimate of drug-likeness (QED) is 0.274. The van der Waals surface area contributed by atoms with Crippen molar-refractivity contribution < 1.29 is 28.6 Å². The van der Waals surface area contributed by atoms with Gasteiger partial charge < -0.3 is 15.1 Å². The van der Waals surface area contributed by atoms with Crippen LogP contribution < -0.4 is 0 Å². The summed E-state index contributed by atoms with van der Waals surface area (Å²) in [6.45, 7) is 2.27. The fraction of sp³-hybridized carbons (Fsp3) is 0.704. The van der Waals surface area contributed by atoms with E-state index in [1.165, 1.54) is 10.5 Å². The molecular weight excluding hydrogens is 440 g/mol. The van der Waals surface area contributed by atoms with Crippen LogP contribution in [0, 0.1) is 5.92 Å². The summed E-state index contributed by atoms with van der Waals surface area (Å²) >= 11 is 0. The molecule has 0 aliphatic carbocycles. The summed E-state index contributed by atoms with van der Waals surface area (Å²) in [4.78, 5) is 24.0. The zero-order chi connectivity index (χ0) is 25.0. The molecule has 5 nitrogen and oxygen atoms in total. The Morgan fingerprint density at radius 1 is 1.06 bits per heavy atom. The molecule has 0 saturated carbocycles. The van der Waals surface area contributed by atoms with E-state index in [2.05, 4.69) is 12.1 Å². The first-order valence-electron chi connectivity index (χ1n) is 12.8. The van der Waals surface area contributed by atoms with Gasteiger partial charge in [0.05, 0.1) is 6.10 Å². The van der Waals surface area contributed by atoms with Crippen LogP contribution in [0.2, 0.25) is 0 Å². The first-order chi connectivity index (χ1) is 16.2. The maximum Gasteiger partial charge on any atom is 0.326 e. The molecule has 0 radical (unpaired) electrons. The molecule has 3 atom stereocenters. The molecule has 1 fully saturated rings. The van der Waals surface area contributed by atoms with Gasteiger partial charge in [-0.3, -0.25) is 9.59 Å². The number of nitrogens with zero attached hydrogens (tertiary/aromatic N) is 1. The van der Waals surface area contributed by atoms with Crippen LogP contribution in [0.1, 0.15) is 89.5 Å². The van der Waals surface area contributed by atoms with Crippen LogP contribution in [-0.4, -0.2) is 51.6 Å². The van der Waals surface area contributed by atoms with E-state index < -0.39 is 36.4 Å². The lowest BCUT2D eigenvalue weighted by atomic mass is 9.92. The zero-order valence-electron chi connectivity index (χ0n) is 20.4. The van der Waals surface area contributed by atoms with E-state index in [9.17, 15) is 23.5 Å². The molecule has 1 aliphatic heterocycles. The zero-order valence-corrected chi connectivity index (χ0v) is 20.4. The molecule has 0 aromatic heterocycles. The molecule has 34 heavy (non-hydrogen) atoms. The van der Waals surface area contributed by atoms with Crippen molar-refractivity contribution in [2.75, 3.05) is 6.54 Å². The first kappa shape index (κ1) is 28.2. The molecule has 7 heteroatoms. The molecule has 1 saturated heterocycles. The monoisotopic (exact) mass is 481 g/mol. The Hall–Kier alpha value is -2.02. The second-order valence-electron chi connectivity index (χ2n) is 9.83. The number of aliphatic carboxylic acids is 1. The van der Waals surface area contributed by atoms with Crippen molar-refractivity contribution in [3.8, 4) is 0 Å². The van der Waals surface area contributed by atoms with Crippen molar-refractivity contribution in [1.82, 2.24) is 4.90 Å². The van der Waals surface area contributed by atoms with Gasteiger partial charge in [0, 0.05) is 25.4 Å². The number of carboxylic acids is 1. The molecule has 2 rings (SSSR count). The minimum atomic E-state index is -3.33.